The Morgan fingerprint density at radius 2 is 1.74 bits per heavy atom. The van der Waals surface area contributed by atoms with Crippen molar-refractivity contribution in [3.63, 3.8) is 0 Å². The maximum atomic E-state index is 13.9. The summed E-state index contributed by atoms with van der Waals surface area (Å²) in [5.74, 6) is -3.18. The van der Waals surface area contributed by atoms with Crippen LogP contribution in [0.3, 0.4) is 0 Å². The molecular weight excluding hydrogens is 789 g/mol. The highest BCUT2D eigenvalue weighted by Crippen LogP contribution is 2.69. The quantitative estimate of drug-likeness (QED) is 0.0527. The lowest BCUT2D eigenvalue weighted by Crippen LogP contribution is -2.70. The number of phenolic OH excluding ortho intramolecular Hbond substituents is 3. The number of hydrogen-bond donors (Lipinski definition) is 10. The minimum Gasteiger partial charge on any atom is -0.508 e. The van der Waals surface area contributed by atoms with Gasteiger partial charge in [-0.25, -0.2) is 4.79 Å². The molecule has 6 aliphatic carbocycles. The molecule has 12 N–H and O–H groups in total. The smallest absolute Gasteiger partial charge is 0.335 e. The Bertz CT molecular complexity index is 2710. The minimum absolute atomic E-state index is 0.00673. The molecule has 7 aliphatic rings. The third kappa shape index (κ3) is 5.52. The monoisotopic (exact) mass is 832 g/mol. The number of nitrogens with two attached hydrogens (primary N) is 2. The summed E-state index contributed by atoms with van der Waals surface area (Å²) in [6.07, 6.45) is 3.94. The van der Waals surface area contributed by atoms with Gasteiger partial charge >= 0.3 is 5.97 Å². The van der Waals surface area contributed by atoms with Gasteiger partial charge in [0.2, 0.25) is 12.0 Å². The van der Waals surface area contributed by atoms with Gasteiger partial charge in [-0.1, -0.05) is 54.6 Å². The Kier molecular flexibility index (Phi) is 8.74. The van der Waals surface area contributed by atoms with E-state index in [1.807, 2.05) is 13.1 Å². The van der Waals surface area contributed by atoms with E-state index >= 15 is 0 Å². The number of fused-ring (bicyclic) bond motifs is 2. The molecule has 5 bridgehead atoms. The van der Waals surface area contributed by atoms with Crippen LogP contribution in [0.2, 0.25) is 0 Å². The van der Waals surface area contributed by atoms with Crippen molar-refractivity contribution in [1.29, 1.82) is 0 Å². The summed E-state index contributed by atoms with van der Waals surface area (Å²) in [5.41, 5.74) is 11.0. The van der Waals surface area contributed by atoms with Crippen LogP contribution < -0.4 is 26.9 Å². The number of benzene rings is 3. The Hall–Kier alpha value is -6.17. The molecule has 1 spiro atoms. The lowest BCUT2D eigenvalue weighted by atomic mass is 9.38. The predicted molar refractivity (Wildman–Crippen MR) is 220 cm³/mol. The molecule has 1 saturated heterocycles. The zero-order valence-electron chi connectivity index (χ0n) is 32.6. The fourth-order valence-electron chi connectivity index (χ4n) is 11.7. The lowest BCUT2D eigenvalue weighted by molar-refractivity contribution is -0.303. The molecule has 2 saturated carbocycles. The van der Waals surface area contributed by atoms with E-state index in [0.29, 0.717) is 34.8 Å². The molecule has 3 aromatic carbocycles. The summed E-state index contributed by atoms with van der Waals surface area (Å²) >= 11 is 0. The van der Waals surface area contributed by atoms with Crippen molar-refractivity contribution in [2.24, 2.45) is 52.0 Å². The Labute approximate surface area is 347 Å². The summed E-state index contributed by atoms with van der Waals surface area (Å²) in [7, 11) is 2.02. The van der Waals surface area contributed by atoms with Gasteiger partial charge in [-0.2, -0.15) is 0 Å². The first-order chi connectivity index (χ1) is 29.2. The topological polar surface area (TPSA) is 284 Å². The van der Waals surface area contributed by atoms with Crippen molar-refractivity contribution in [2.45, 2.75) is 48.1 Å². The van der Waals surface area contributed by atoms with Crippen LogP contribution in [0.25, 0.3) is 33.9 Å². The van der Waals surface area contributed by atoms with Crippen molar-refractivity contribution in [3.8, 4) is 34.3 Å². The van der Waals surface area contributed by atoms with Crippen LogP contribution in [0.4, 0.5) is 0 Å². The van der Waals surface area contributed by atoms with E-state index in [4.69, 9.17) is 25.4 Å². The van der Waals surface area contributed by atoms with E-state index in [1.165, 1.54) is 17.7 Å². The van der Waals surface area contributed by atoms with Gasteiger partial charge in [0.25, 0.3) is 0 Å². The lowest BCUT2D eigenvalue weighted by Gasteiger charge is -2.67. The molecule has 2 heterocycles. The fraction of sp³-hybridized carbons (Fsp3) is 0.356. The summed E-state index contributed by atoms with van der Waals surface area (Å²) in [6.45, 7) is -0.873. The molecule has 16 heteroatoms. The molecular formula is C45H44N4O12. The summed E-state index contributed by atoms with van der Waals surface area (Å²) in [5, 5.41) is 79.6. The Balaban J connectivity index is 1.10. The first kappa shape index (κ1) is 39.0. The molecule has 16 nitrogen and oxygen atoms in total. The van der Waals surface area contributed by atoms with Gasteiger partial charge in [-0.3, -0.25) is 9.79 Å². The number of ether oxygens (including phenoxy) is 2. The molecule has 3 fully saturated rings. The van der Waals surface area contributed by atoms with Crippen LogP contribution in [0.5, 0.6) is 23.0 Å². The van der Waals surface area contributed by atoms with Crippen LogP contribution in [-0.2, 0) is 14.9 Å². The zero-order chi connectivity index (χ0) is 42.9. The van der Waals surface area contributed by atoms with E-state index in [1.54, 1.807) is 12.1 Å². The fourth-order valence-corrected chi connectivity index (χ4v) is 11.7. The minimum atomic E-state index is -2.73. The Morgan fingerprint density at radius 3 is 2.49 bits per heavy atom. The predicted octanol–water partition coefficient (Wildman–Crippen LogP) is 2.13. The second-order valence-corrected chi connectivity index (χ2v) is 17.1. The van der Waals surface area contributed by atoms with Gasteiger partial charge in [0, 0.05) is 35.1 Å². The highest BCUT2D eigenvalue weighted by atomic mass is 16.7. The molecule has 1 aliphatic heterocycles. The van der Waals surface area contributed by atoms with Crippen molar-refractivity contribution >= 4 is 34.5 Å². The number of aliphatic imine (C=N–C) groups is 1. The number of phenols is 3. The van der Waals surface area contributed by atoms with E-state index in [0.717, 1.165) is 23.6 Å². The number of nitrogens with zero attached hydrogens (tertiary/aromatic N) is 1. The first-order valence-corrected chi connectivity index (χ1v) is 20.1. The maximum absolute atomic E-state index is 13.9. The van der Waals surface area contributed by atoms with Crippen molar-refractivity contribution in [1.82, 2.24) is 5.32 Å². The summed E-state index contributed by atoms with van der Waals surface area (Å²) in [6, 6.07) is 15.6. The molecule has 316 valence electrons. The normalized spacial score (nSPS) is 35.0. The van der Waals surface area contributed by atoms with Crippen LogP contribution in [0, 0.1) is 35.5 Å². The average Bonchev–Trinajstić information content (AvgIpc) is 3.24. The standard InChI is InChI=1S/C45H44N4O12/c1-48-35-23-9-8-22-26-16-44(11-10-20(23)26)27-5-3-2-4-18(27)12-25(34(44)32(22)35)24-13-19(50)6-7-21(24)29-14-28(51)33-30(59-29)15-31(36(52)37(33)53)60-42-40(55)45(58,17-49-43(46)47)39(54)38(61-42)41(56)57/h2-15,20,22-23,26,32,34-35,38-40,42,48,50,52-55,58H,16-17H2,1H3,(H,56,57)(H4,46,47,49)/t20-,22+,23-,26-,32+,34+,35-,38+,39-,40+,42-,44-,45+/m1/s1. The number of aliphatic carboxylic acids is 1. The first-order valence-electron chi connectivity index (χ1n) is 20.1. The number of nitrogens with one attached hydrogen (secondary N) is 1. The number of rotatable bonds is 8. The average molecular weight is 833 g/mol. The van der Waals surface area contributed by atoms with E-state index in [9.17, 15) is 45.3 Å². The Morgan fingerprint density at radius 1 is 0.967 bits per heavy atom. The second-order valence-electron chi connectivity index (χ2n) is 17.1. The van der Waals surface area contributed by atoms with Crippen LogP contribution >= 0.6 is 0 Å². The molecule has 4 aromatic rings. The maximum Gasteiger partial charge on any atom is 0.335 e. The summed E-state index contributed by atoms with van der Waals surface area (Å²) in [4.78, 5) is 29.6. The third-order valence-corrected chi connectivity index (χ3v) is 14.2. The molecule has 0 amide bonds. The van der Waals surface area contributed by atoms with Crippen molar-refractivity contribution in [2.75, 3.05) is 13.6 Å². The van der Waals surface area contributed by atoms with Gasteiger partial charge in [-0.05, 0) is 83.5 Å². The van der Waals surface area contributed by atoms with Crippen LogP contribution in [0.1, 0.15) is 23.1 Å². The van der Waals surface area contributed by atoms with Gasteiger partial charge < -0.3 is 66.4 Å². The zero-order valence-corrected chi connectivity index (χ0v) is 32.6. The molecule has 13 atom stereocenters. The van der Waals surface area contributed by atoms with Gasteiger partial charge in [0.05, 0.1) is 6.54 Å². The van der Waals surface area contributed by atoms with Crippen molar-refractivity contribution < 1.29 is 54.4 Å². The molecule has 0 unspecified atom stereocenters. The van der Waals surface area contributed by atoms with Gasteiger partial charge in [0.1, 0.15) is 40.3 Å². The molecule has 61 heavy (non-hydrogen) atoms. The number of guanidine groups is 1. The molecule has 1 aromatic heterocycles. The number of allylic oxidation sites excluding steroid dienone is 4. The van der Waals surface area contributed by atoms with E-state index in [2.05, 4.69) is 58.9 Å². The van der Waals surface area contributed by atoms with E-state index in [-0.39, 0.29) is 40.4 Å². The number of carboxylic acids is 1. The number of aliphatic hydroxyl groups is 3. The SMILES string of the molecule is CN[C@@H]1[C@@H]2C=C[C@H]3[C@@H]4C[C@]5(C=C[C@H]24)c2ccccc2C=C(c2cc(O)ccc2-c2cc(=O)c4c(O)c(O)c(O[C@@H]6O[C@H](C(=O)O)[C@@H](O)[C@@](O)(CN=C(N)N)[C@H]6O)cc4o2)[C@H]5[C@H]31. The van der Waals surface area contributed by atoms with Crippen LogP contribution in [0.15, 0.2) is 93.1 Å². The number of carboxylic acid groups (broad SMARTS) is 1. The van der Waals surface area contributed by atoms with Gasteiger partial charge in [-0.15, -0.1) is 0 Å². The number of aliphatic hydroxyl groups excluding tert-OH is 2. The number of carbonyl (C=O) groups is 1. The van der Waals surface area contributed by atoms with E-state index < -0.39 is 76.7 Å². The highest BCUT2D eigenvalue weighted by molar-refractivity contribution is 5.95. The molecule has 11 rings (SSSR count). The molecule has 0 radical (unpaired) electrons. The van der Waals surface area contributed by atoms with Crippen LogP contribution in [-0.4, -0.2) is 97.5 Å². The third-order valence-electron chi connectivity index (χ3n) is 14.2. The number of aromatic hydroxyl groups is 3. The largest absolute Gasteiger partial charge is 0.508 e. The van der Waals surface area contributed by atoms with Gasteiger partial charge in [0.15, 0.2) is 29.0 Å². The van der Waals surface area contributed by atoms with Crippen molar-refractivity contribution in [3.05, 3.63) is 106 Å². The summed E-state index contributed by atoms with van der Waals surface area (Å²) < 4.78 is 17.4. The highest BCUT2D eigenvalue weighted by Gasteiger charge is 2.65. The number of hydrogen-bond acceptors (Lipinski definition) is 13. The second kappa shape index (κ2) is 13.7.